The number of hydrogen-bond donors (Lipinski definition) is 0. The van der Waals surface area contributed by atoms with Gasteiger partial charge < -0.3 is 0 Å². The molecule has 0 aromatic carbocycles. The summed E-state index contributed by atoms with van der Waals surface area (Å²) in [5, 5.41) is 3.89. The molecule has 1 aromatic rings. The Labute approximate surface area is 67.2 Å². The molecule has 0 fully saturated rings. The standard InChI is InChI=1S/C4H2BrS.Li/c5-4-1-2-6-3-4;/h2-3H;/q-1;+1. The van der Waals surface area contributed by atoms with Gasteiger partial charge in [-0.15, -0.1) is 15.2 Å². The van der Waals surface area contributed by atoms with Crippen LogP contribution >= 0.6 is 27.3 Å². The van der Waals surface area contributed by atoms with Crippen LogP contribution in [0, 0.1) is 6.07 Å². The van der Waals surface area contributed by atoms with Gasteiger partial charge in [-0.25, -0.2) is 6.07 Å². The molecule has 7 heavy (non-hydrogen) atoms. The summed E-state index contributed by atoms with van der Waals surface area (Å²) in [4.78, 5) is 0. The Morgan fingerprint density at radius 2 is 2.43 bits per heavy atom. The monoisotopic (exact) mass is 168 g/mol. The van der Waals surface area contributed by atoms with Crippen molar-refractivity contribution in [1.82, 2.24) is 0 Å². The molecule has 0 aliphatic carbocycles. The Hall–Kier alpha value is 0.777. The van der Waals surface area contributed by atoms with Crippen LogP contribution in [-0.2, 0) is 0 Å². The molecule has 0 unspecified atom stereocenters. The van der Waals surface area contributed by atoms with E-state index in [1.807, 2.05) is 10.8 Å². The fourth-order valence-electron chi connectivity index (χ4n) is 0.218. The fraction of sp³-hybridized carbons (Fsp3) is 0. The predicted molar refractivity (Wildman–Crippen MR) is 30.9 cm³/mol. The van der Waals surface area contributed by atoms with Gasteiger partial charge in [-0.3, -0.25) is 11.3 Å². The maximum atomic E-state index is 3.24. The van der Waals surface area contributed by atoms with Crippen LogP contribution in [-0.4, -0.2) is 0 Å². The average Bonchev–Trinajstić information content (AvgIpc) is 1.86. The van der Waals surface area contributed by atoms with Crippen LogP contribution in [0.1, 0.15) is 0 Å². The Kier molecular flexibility index (Phi) is 4.16. The van der Waals surface area contributed by atoms with E-state index in [4.69, 9.17) is 0 Å². The van der Waals surface area contributed by atoms with Crippen molar-refractivity contribution in [3.63, 3.8) is 0 Å². The second-order valence-electron chi connectivity index (χ2n) is 0.864. The minimum atomic E-state index is 0. The molecular formula is C4H2BrLiS. The number of rotatable bonds is 0. The van der Waals surface area contributed by atoms with Crippen LogP contribution in [0.15, 0.2) is 15.2 Å². The summed E-state index contributed by atoms with van der Waals surface area (Å²) in [5.74, 6) is 0. The number of thiophene rings is 1. The normalized spacial score (nSPS) is 7.57. The maximum absolute atomic E-state index is 3.24. The first-order valence-corrected chi connectivity index (χ1v) is 3.22. The van der Waals surface area contributed by atoms with E-state index in [1.165, 1.54) is 0 Å². The van der Waals surface area contributed by atoms with Gasteiger partial charge in [-0.2, -0.15) is 0 Å². The van der Waals surface area contributed by atoms with Gasteiger partial charge in [0.15, 0.2) is 0 Å². The van der Waals surface area contributed by atoms with Crippen molar-refractivity contribution in [2.75, 3.05) is 0 Å². The van der Waals surface area contributed by atoms with Crippen molar-refractivity contribution in [1.29, 1.82) is 0 Å². The second kappa shape index (κ2) is 3.74. The molecule has 32 valence electrons. The van der Waals surface area contributed by atoms with Crippen LogP contribution in [0.5, 0.6) is 0 Å². The summed E-state index contributed by atoms with van der Waals surface area (Å²) in [6.07, 6.45) is 0. The van der Waals surface area contributed by atoms with E-state index < -0.39 is 0 Å². The smallest absolute Gasteiger partial charge is 0.272 e. The molecule has 0 saturated heterocycles. The molecule has 1 rings (SSSR count). The second-order valence-corrected chi connectivity index (χ2v) is 2.46. The summed E-state index contributed by atoms with van der Waals surface area (Å²) >= 11 is 4.87. The molecule has 0 amide bonds. The van der Waals surface area contributed by atoms with Crippen molar-refractivity contribution in [2.24, 2.45) is 0 Å². The Morgan fingerprint density at radius 3 is 2.57 bits per heavy atom. The summed E-state index contributed by atoms with van der Waals surface area (Å²) in [7, 11) is 0. The predicted octanol–water partition coefficient (Wildman–Crippen LogP) is -0.685. The van der Waals surface area contributed by atoms with Crippen molar-refractivity contribution < 1.29 is 18.9 Å². The van der Waals surface area contributed by atoms with Gasteiger partial charge in [-0.05, 0) is 0 Å². The molecule has 3 heteroatoms. The van der Waals surface area contributed by atoms with Crippen LogP contribution in [0.3, 0.4) is 0 Å². The van der Waals surface area contributed by atoms with Gasteiger partial charge in [0.2, 0.25) is 0 Å². The van der Waals surface area contributed by atoms with E-state index in [0.717, 1.165) is 4.47 Å². The summed E-state index contributed by atoms with van der Waals surface area (Å²) in [6, 6.07) is 2.94. The molecule has 0 aliphatic heterocycles. The van der Waals surface area contributed by atoms with Gasteiger partial charge in [0, 0.05) is 0 Å². The molecule has 0 radical (unpaired) electrons. The average molecular weight is 169 g/mol. The van der Waals surface area contributed by atoms with Crippen molar-refractivity contribution in [3.05, 3.63) is 21.3 Å². The van der Waals surface area contributed by atoms with Gasteiger partial charge in [-0.1, -0.05) is 15.9 Å². The molecule has 0 atom stereocenters. The SMILES string of the molecule is Brc1[c-]csc1.[Li+]. The number of halogens is 1. The Bertz CT molecular complexity index is 115. The summed E-state index contributed by atoms with van der Waals surface area (Å²) in [5.41, 5.74) is 0. The van der Waals surface area contributed by atoms with Gasteiger partial charge in [0.25, 0.3) is 0 Å². The molecule has 1 heterocycles. The molecule has 0 nitrogen and oxygen atoms in total. The molecule has 0 saturated carbocycles. The molecular weight excluding hydrogens is 167 g/mol. The van der Waals surface area contributed by atoms with E-state index in [1.54, 1.807) is 11.3 Å². The van der Waals surface area contributed by atoms with Crippen molar-refractivity contribution in [2.45, 2.75) is 0 Å². The topological polar surface area (TPSA) is 0 Å². The third-order valence-corrected chi connectivity index (χ3v) is 1.82. The van der Waals surface area contributed by atoms with Gasteiger partial charge >= 0.3 is 18.9 Å². The van der Waals surface area contributed by atoms with Crippen LogP contribution < -0.4 is 18.9 Å². The van der Waals surface area contributed by atoms with E-state index in [2.05, 4.69) is 22.0 Å². The largest absolute Gasteiger partial charge is 1.00 e. The van der Waals surface area contributed by atoms with Crippen LogP contribution in [0.2, 0.25) is 0 Å². The van der Waals surface area contributed by atoms with Crippen molar-refractivity contribution in [3.8, 4) is 0 Å². The van der Waals surface area contributed by atoms with Crippen LogP contribution in [0.4, 0.5) is 0 Å². The van der Waals surface area contributed by atoms with E-state index in [9.17, 15) is 0 Å². The fourth-order valence-corrected chi connectivity index (χ4v) is 1.26. The van der Waals surface area contributed by atoms with Gasteiger partial charge in [0.1, 0.15) is 0 Å². The maximum Gasteiger partial charge on any atom is 1.00 e. The third kappa shape index (κ3) is 2.56. The summed E-state index contributed by atoms with van der Waals surface area (Å²) in [6.45, 7) is 0. The van der Waals surface area contributed by atoms with E-state index in [0.29, 0.717) is 0 Å². The molecule has 0 aliphatic rings. The summed E-state index contributed by atoms with van der Waals surface area (Å²) < 4.78 is 1.05. The van der Waals surface area contributed by atoms with Crippen molar-refractivity contribution >= 4 is 27.3 Å². The zero-order valence-electron chi connectivity index (χ0n) is 3.94. The number of hydrogen-bond acceptors (Lipinski definition) is 1. The minimum Gasteiger partial charge on any atom is -0.272 e. The molecule has 0 spiro atoms. The zero-order valence-corrected chi connectivity index (χ0v) is 6.34. The first-order chi connectivity index (χ1) is 2.89. The zero-order chi connectivity index (χ0) is 4.41. The first kappa shape index (κ1) is 7.78. The molecule has 0 bridgehead atoms. The Morgan fingerprint density at radius 1 is 1.71 bits per heavy atom. The molecule has 1 aromatic heterocycles. The molecule has 0 N–H and O–H groups in total. The Balaban J connectivity index is 0.000000360. The first-order valence-electron chi connectivity index (χ1n) is 1.49. The quantitative estimate of drug-likeness (QED) is 0.356. The van der Waals surface area contributed by atoms with Crippen LogP contribution in [0.25, 0.3) is 0 Å². The minimum absolute atomic E-state index is 0. The van der Waals surface area contributed by atoms with Gasteiger partial charge in [0.05, 0.1) is 0 Å². The van der Waals surface area contributed by atoms with E-state index in [-0.39, 0.29) is 18.9 Å². The third-order valence-electron chi connectivity index (χ3n) is 0.436. The van der Waals surface area contributed by atoms with E-state index >= 15 is 0 Å².